The minimum atomic E-state index is -0.289. The van der Waals surface area contributed by atoms with E-state index in [0.29, 0.717) is 26.7 Å². The lowest BCUT2D eigenvalue weighted by Gasteiger charge is -2.12. The predicted octanol–water partition coefficient (Wildman–Crippen LogP) is 7.31. The van der Waals surface area contributed by atoms with E-state index in [1.807, 2.05) is 24.3 Å². The quantitative estimate of drug-likeness (QED) is 0.165. The number of nitrogens with one attached hydrogen (secondary N) is 1. The summed E-state index contributed by atoms with van der Waals surface area (Å²) in [6.07, 6.45) is 1.60. The van der Waals surface area contributed by atoms with Gasteiger partial charge in [0.1, 0.15) is 12.4 Å². The van der Waals surface area contributed by atoms with E-state index in [-0.39, 0.29) is 5.91 Å². The molecule has 3 aromatic carbocycles. The average molecular weight is 730 g/mol. The Kier molecular flexibility index (Phi) is 8.82. The van der Waals surface area contributed by atoms with Crippen molar-refractivity contribution in [3.8, 4) is 5.75 Å². The molecular formula is C21H13BrCl2I2N2O2. The van der Waals surface area contributed by atoms with E-state index < -0.39 is 0 Å². The Hall–Kier alpha value is -0.880. The molecule has 0 aliphatic carbocycles. The zero-order valence-corrected chi connectivity index (χ0v) is 22.5. The van der Waals surface area contributed by atoms with Crippen LogP contribution in [0.25, 0.3) is 0 Å². The summed E-state index contributed by atoms with van der Waals surface area (Å²) >= 11 is 19.9. The van der Waals surface area contributed by atoms with Gasteiger partial charge in [-0.2, -0.15) is 5.10 Å². The van der Waals surface area contributed by atoms with Crippen LogP contribution in [-0.2, 0) is 6.61 Å². The summed E-state index contributed by atoms with van der Waals surface area (Å²) in [7, 11) is 0. The fourth-order valence-electron chi connectivity index (χ4n) is 2.45. The van der Waals surface area contributed by atoms with Crippen LogP contribution in [0.4, 0.5) is 0 Å². The first-order chi connectivity index (χ1) is 14.3. The van der Waals surface area contributed by atoms with Gasteiger partial charge in [-0.25, -0.2) is 5.43 Å². The number of carbonyl (C=O) groups excluding carboxylic acids is 1. The number of rotatable bonds is 6. The molecule has 1 N–H and O–H groups in total. The van der Waals surface area contributed by atoms with Crippen molar-refractivity contribution in [2.75, 3.05) is 0 Å². The SMILES string of the molecule is O=C(N/N=C/c1cc(I)c(OCc2ccc(Cl)cc2Cl)c(I)c1)c1ccccc1Br. The molecule has 0 saturated carbocycles. The Bertz CT molecular complexity index is 1100. The Morgan fingerprint density at radius 3 is 2.47 bits per heavy atom. The van der Waals surface area contributed by atoms with Crippen molar-refractivity contribution in [1.29, 1.82) is 0 Å². The van der Waals surface area contributed by atoms with E-state index in [2.05, 4.69) is 71.6 Å². The van der Waals surface area contributed by atoms with E-state index >= 15 is 0 Å². The van der Waals surface area contributed by atoms with Gasteiger partial charge >= 0.3 is 0 Å². The highest BCUT2D eigenvalue weighted by Gasteiger charge is 2.11. The summed E-state index contributed by atoms with van der Waals surface area (Å²) < 4.78 is 8.53. The third-order valence-corrected chi connectivity index (χ3v) is 6.79. The van der Waals surface area contributed by atoms with Gasteiger partial charge in [-0.15, -0.1) is 0 Å². The van der Waals surface area contributed by atoms with E-state index in [4.69, 9.17) is 27.9 Å². The molecular weight excluding hydrogens is 717 g/mol. The van der Waals surface area contributed by atoms with Crippen molar-refractivity contribution in [2.45, 2.75) is 6.61 Å². The summed E-state index contributed by atoms with van der Waals surface area (Å²) in [6.45, 7) is 0.331. The topological polar surface area (TPSA) is 50.7 Å². The van der Waals surface area contributed by atoms with Crippen LogP contribution in [0.15, 0.2) is 64.2 Å². The molecule has 3 aromatic rings. The van der Waals surface area contributed by atoms with Crippen LogP contribution in [0.5, 0.6) is 5.75 Å². The summed E-state index contributed by atoms with van der Waals surface area (Å²) in [5, 5.41) is 5.21. The van der Waals surface area contributed by atoms with Crippen LogP contribution in [0.2, 0.25) is 10.0 Å². The van der Waals surface area contributed by atoms with Crippen molar-refractivity contribution in [3.05, 3.63) is 92.9 Å². The highest BCUT2D eigenvalue weighted by molar-refractivity contribution is 14.1. The molecule has 0 atom stereocenters. The maximum atomic E-state index is 12.2. The second kappa shape index (κ2) is 11.1. The maximum absolute atomic E-state index is 12.2. The van der Waals surface area contributed by atoms with Gasteiger partial charge in [0.15, 0.2) is 0 Å². The minimum absolute atomic E-state index is 0.289. The maximum Gasteiger partial charge on any atom is 0.272 e. The van der Waals surface area contributed by atoms with Crippen molar-refractivity contribution in [1.82, 2.24) is 5.43 Å². The van der Waals surface area contributed by atoms with E-state index in [1.165, 1.54) is 0 Å². The summed E-state index contributed by atoms with van der Waals surface area (Å²) in [4.78, 5) is 12.2. The summed E-state index contributed by atoms with van der Waals surface area (Å²) in [5.74, 6) is 0.472. The van der Waals surface area contributed by atoms with Crippen LogP contribution in [-0.4, -0.2) is 12.1 Å². The number of hydrazone groups is 1. The van der Waals surface area contributed by atoms with Gasteiger partial charge in [0.05, 0.1) is 18.9 Å². The molecule has 9 heteroatoms. The first-order valence-corrected chi connectivity index (χ1v) is 12.2. The van der Waals surface area contributed by atoms with E-state index in [0.717, 1.165) is 24.0 Å². The molecule has 4 nitrogen and oxygen atoms in total. The van der Waals surface area contributed by atoms with Gasteiger partial charge in [-0.05, 0) is 103 Å². The van der Waals surface area contributed by atoms with Crippen molar-refractivity contribution in [2.24, 2.45) is 5.10 Å². The van der Waals surface area contributed by atoms with Crippen LogP contribution in [0.1, 0.15) is 21.5 Å². The predicted molar refractivity (Wildman–Crippen MR) is 142 cm³/mol. The summed E-state index contributed by atoms with van der Waals surface area (Å²) in [5.41, 5.74) is 4.75. The monoisotopic (exact) mass is 728 g/mol. The van der Waals surface area contributed by atoms with Crippen molar-refractivity contribution >= 4 is 96.4 Å². The van der Waals surface area contributed by atoms with E-state index in [1.54, 1.807) is 36.5 Å². The molecule has 0 aliphatic rings. The smallest absolute Gasteiger partial charge is 0.272 e. The molecule has 0 bridgehead atoms. The van der Waals surface area contributed by atoms with Gasteiger partial charge in [-0.3, -0.25) is 4.79 Å². The fraction of sp³-hybridized carbons (Fsp3) is 0.0476. The first-order valence-electron chi connectivity index (χ1n) is 8.49. The zero-order chi connectivity index (χ0) is 21.7. The first kappa shape index (κ1) is 23.8. The molecule has 0 unspecified atom stereocenters. The number of hydrogen-bond acceptors (Lipinski definition) is 3. The fourth-order valence-corrected chi connectivity index (χ4v) is 5.51. The second-order valence-electron chi connectivity index (χ2n) is 6.02. The molecule has 30 heavy (non-hydrogen) atoms. The molecule has 0 saturated heterocycles. The molecule has 0 aromatic heterocycles. The Labute approximate surface area is 219 Å². The van der Waals surface area contributed by atoms with Gasteiger partial charge in [0.2, 0.25) is 0 Å². The molecule has 3 rings (SSSR count). The third kappa shape index (κ3) is 6.32. The highest BCUT2D eigenvalue weighted by atomic mass is 127. The normalized spacial score (nSPS) is 11.0. The number of nitrogens with zero attached hydrogens (tertiary/aromatic N) is 1. The molecule has 0 spiro atoms. The third-order valence-electron chi connectivity index (χ3n) is 3.91. The minimum Gasteiger partial charge on any atom is -0.487 e. The Balaban J connectivity index is 1.67. The number of benzene rings is 3. The highest BCUT2D eigenvalue weighted by Crippen LogP contribution is 2.30. The number of carbonyl (C=O) groups is 1. The lowest BCUT2D eigenvalue weighted by Crippen LogP contribution is -2.18. The van der Waals surface area contributed by atoms with Gasteiger partial charge in [0, 0.05) is 20.1 Å². The average Bonchev–Trinajstić information content (AvgIpc) is 2.69. The lowest BCUT2D eigenvalue weighted by molar-refractivity contribution is 0.0954. The van der Waals surface area contributed by atoms with E-state index in [9.17, 15) is 4.79 Å². The van der Waals surface area contributed by atoms with Gasteiger partial charge in [-0.1, -0.05) is 41.4 Å². The number of ether oxygens (including phenoxy) is 1. The lowest BCUT2D eigenvalue weighted by atomic mass is 10.2. The van der Waals surface area contributed by atoms with Crippen molar-refractivity contribution < 1.29 is 9.53 Å². The van der Waals surface area contributed by atoms with Gasteiger partial charge in [0.25, 0.3) is 5.91 Å². The van der Waals surface area contributed by atoms with Gasteiger partial charge < -0.3 is 4.74 Å². The largest absolute Gasteiger partial charge is 0.487 e. The van der Waals surface area contributed by atoms with Crippen LogP contribution < -0.4 is 10.2 Å². The van der Waals surface area contributed by atoms with Crippen LogP contribution in [0.3, 0.4) is 0 Å². The summed E-state index contributed by atoms with van der Waals surface area (Å²) in [6, 6.07) is 16.3. The van der Waals surface area contributed by atoms with Crippen LogP contribution >= 0.6 is 84.3 Å². The van der Waals surface area contributed by atoms with Crippen LogP contribution in [0, 0.1) is 7.14 Å². The molecule has 0 radical (unpaired) electrons. The molecule has 0 heterocycles. The molecule has 0 aliphatic heterocycles. The molecule has 154 valence electrons. The molecule has 1 amide bonds. The standard InChI is InChI=1S/C21H13BrCl2I2N2O2/c22-16-4-2-1-3-15(16)21(29)28-27-10-12-7-18(25)20(19(26)8-12)30-11-13-5-6-14(23)9-17(13)24/h1-10H,11H2,(H,28,29)/b27-10+. The molecule has 0 fully saturated rings. The Morgan fingerprint density at radius 1 is 1.10 bits per heavy atom. The second-order valence-corrected chi connectivity index (χ2v) is 10.0. The number of amides is 1. The number of halogens is 5. The van der Waals surface area contributed by atoms with Crippen molar-refractivity contribution in [3.63, 3.8) is 0 Å². The zero-order valence-electron chi connectivity index (χ0n) is 15.1. The Morgan fingerprint density at radius 2 is 1.80 bits per heavy atom. The number of hydrogen-bond donors (Lipinski definition) is 1.